The summed E-state index contributed by atoms with van der Waals surface area (Å²) in [4.78, 5) is 25.5. The Labute approximate surface area is 126 Å². The number of nitrogens with zero attached hydrogens (tertiary/aromatic N) is 1. The fourth-order valence-electron chi connectivity index (χ4n) is 3.64. The highest BCUT2D eigenvalue weighted by atomic mass is 16.4. The van der Waals surface area contributed by atoms with Gasteiger partial charge in [-0.1, -0.05) is 12.8 Å². The lowest BCUT2D eigenvalue weighted by Gasteiger charge is -2.46. The van der Waals surface area contributed by atoms with Crippen molar-refractivity contribution in [1.82, 2.24) is 10.2 Å². The summed E-state index contributed by atoms with van der Waals surface area (Å²) in [6, 6.07) is -0.839. The summed E-state index contributed by atoms with van der Waals surface area (Å²) in [5, 5.41) is 12.2. The third-order valence-electron chi connectivity index (χ3n) is 4.67. The molecule has 3 unspecified atom stereocenters. The van der Waals surface area contributed by atoms with E-state index in [1.807, 2.05) is 0 Å². The Morgan fingerprint density at radius 2 is 2.00 bits per heavy atom. The molecule has 21 heavy (non-hydrogen) atoms. The minimum absolute atomic E-state index is 0.0845. The van der Waals surface area contributed by atoms with Crippen LogP contribution in [0.4, 0.5) is 4.79 Å². The standard InChI is InChI=1S/C16H24N2O3/c1-2-3-6-11-17-16(21)18-13-8-5-4-7-12(13)9-10-14(18)15(19)20/h1,12-14H,3-11H2,(H,17,21)(H,19,20). The van der Waals surface area contributed by atoms with Gasteiger partial charge in [-0.05, 0) is 38.0 Å². The van der Waals surface area contributed by atoms with Crippen LogP contribution < -0.4 is 5.32 Å². The van der Waals surface area contributed by atoms with Gasteiger partial charge in [-0.25, -0.2) is 9.59 Å². The van der Waals surface area contributed by atoms with Gasteiger partial charge in [0.05, 0.1) is 0 Å². The van der Waals surface area contributed by atoms with Crippen LogP contribution in [0.25, 0.3) is 0 Å². The molecule has 2 N–H and O–H groups in total. The number of carbonyl (C=O) groups is 2. The molecule has 2 aliphatic rings. The fourth-order valence-corrected chi connectivity index (χ4v) is 3.64. The summed E-state index contributed by atoms with van der Waals surface area (Å²) in [5.41, 5.74) is 0. The minimum Gasteiger partial charge on any atom is -0.480 e. The van der Waals surface area contributed by atoms with Crippen LogP contribution in [0.2, 0.25) is 0 Å². The number of piperidine rings is 1. The maximum atomic E-state index is 12.4. The molecule has 2 amide bonds. The number of nitrogens with one attached hydrogen (secondary N) is 1. The van der Waals surface area contributed by atoms with Crippen molar-refractivity contribution in [3.05, 3.63) is 0 Å². The molecule has 0 radical (unpaired) electrons. The Hall–Kier alpha value is -1.70. The van der Waals surface area contributed by atoms with E-state index in [0.717, 1.165) is 32.1 Å². The van der Waals surface area contributed by atoms with Crippen molar-refractivity contribution in [2.45, 2.75) is 63.5 Å². The van der Waals surface area contributed by atoms with E-state index in [1.54, 1.807) is 4.90 Å². The average Bonchev–Trinajstić information content (AvgIpc) is 2.50. The van der Waals surface area contributed by atoms with Gasteiger partial charge in [-0.3, -0.25) is 0 Å². The molecule has 1 heterocycles. The highest BCUT2D eigenvalue weighted by Crippen LogP contribution is 2.37. The smallest absolute Gasteiger partial charge is 0.326 e. The Bertz CT molecular complexity index is 430. The Morgan fingerprint density at radius 3 is 2.71 bits per heavy atom. The summed E-state index contributed by atoms with van der Waals surface area (Å²) in [5.74, 6) is 2.11. The largest absolute Gasteiger partial charge is 0.480 e. The zero-order valence-corrected chi connectivity index (χ0v) is 12.4. The maximum absolute atomic E-state index is 12.4. The quantitative estimate of drug-likeness (QED) is 0.616. The predicted molar refractivity (Wildman–Crippen MR) is 79.7 cm³/mol. The summed E-state index contributed by atoms with van der Waals surface area (Å²) in [7, 11) is 0. The second-order valence-electron chi connectivity index (χ2n) is 5.99. The zero-order chi connectivity index (χ0) is 15.2. The van der Waals surface area contributed by atoms with E-state index in [-0.39, 0.29) is 12.1 Å². The van der Waals surface area contributed by atoms with Gasteiger partial charge in [0.15, 0.2) is 0 Å². The molecule has 2 fully saturated rings. The van der Waals surface area contributed by atoms with Crippen molar-refractivity contribution >= 4 is 12.0 Å². The number of carbonyl (C=O) groups excluding carboxylic acids is 1. The Kier molecular flexibility index (Phi) is 5.49. The van der Waals surface area contributed by atoms with E-state index in [4.69, 9.17) is 6.42 Å². The maximum Gasteiger partial charge on any atom is 0.326 e. The van der Waals surface area contributed by atoms with Crippen molar-refractivity contribution < 1.29 is 14.7 Å². The Morgan fingerprint density at radius 1 is 1.24 bits per heavy atom. The molecule has 0 bridgehead atoms. The molecule has 1 aliphatic carbocycles. The number of carboxylic acids is 1. The highest BCUT2D eigenvalue weighted by molar-refractivity contribution is 5.83. The SMILES string of the molecule is C#CCCCNC(=O)N1C(C(=O)O)CCC2CCCCC21. The molecule has 5 nitrogen and oxygen atoms in total. The van der Waals surface area contributed by atoms with Crippen LogP contribution >= 0.6 is 0 Å². The average molecular weight is 292 g/mol. The third kappa shape index (κ3) is 3.69. The summed E-state index contributed by atoms with van der Waals surface area (Å²) < 4.78 is 0. The molecular formula is C16H24N2O3. The van der Waals surface area contributed by atoms with E-state index < -0.39 is 12.0 Å². The number of likely N-dealkylation sites (tertiary alicyclic amines) is 1. The van der Waals surface area contributed by atoms with E-state index in [1.165, 1.54) is 6.42 Å². The van der Waals surface area contributed by atoms with Crippen LogP contribution in [-0.2, 0) is 4.79 Å². The number of fused-ring (bicyclic) bond motifs is 1. The van der Waals surface area contributed by atoms with Gasteiger partial charge in [0.1, 0.15) is 6.04 Å². The van der Waals surface area contributed by atoms with Crippen molar-refractivity contribution in [3.63, 3.8) is 0 Å². The number of rotatable bonds is 4. The zero-order valence-electron chi connectivity index (χ0n) is 12.4. The molecule has 0 aromatic heterocycles. The van der Waals surface area contributed by atoms with Gasteiger partial charge < -0.3 is 15.3 Å². The number of terminal acetylenes is 1. The van der Waals surface area contributed by atoms with Crippen LogP contribution in [-0.4, -0.2) is 40.6 Å². The first-order valence-corrected chi connectivity index (χ1v) is 7.87. The van der Waals surface area contributed by atoms with E-state index >= 15 is 0 Å². The second kappa shape index (κ2) is 7.35. The number of aliphatic carboxylic acids is 1. The number of hydrogen-bond donors (Lipinski definition) is 2. The molecule has 3 atom stereocenters. The van der Waals surface area contributed by atoms with Crippen molar-refractivity contribution in [3.8, 4) is 12.3 Å². The van der Waals surface area contributed by atoms with Crippen molar-refractivity contribution in [1.29, 1.82) is 0 Å². The molecule has 0 spiro atoms. The van der Waals surface area contributed by atoms with E-state index in [2.05, 4.69) is 11.2 Å². The lowest BCUT2D eigenvalue weighted by molar-refractivity contribution is -0.145. The molecule has 2 rings (SSSR count). The summed E-state index contributed by atoms with van der Waals surface area (Å²) >= 11 is 0. The minimum atomic E-state index is -0.891. The van der Waals surface area contributed by atoms with Gasteiger partial charge >= 0.3 is 12.0 Å². The highest BCUT2D eigenvalue weighted by Gasteiger charge is 2.43. The molecule has 116 valence electrons. The molecule has 5 heteroatoms. The van der Waals surface area contributed by atoms with Crippen LogP contribution in [0, 0.1) is 18.3 Å². The van der Waals surface area contributed by atoms with Gasteiger partial charge in [0, 0.05) is 19.0 Å². The number of unbranched alkanes of at least 4 members (excludes halogenated alkanes) is 1. The lowest BCUT2D eigenvalue weighted by Crippen LogP contribution is -2.60. The molecule has 1 saturated heterocycles. The molecule has 1 aliphatic heterocycles. The van der Waals surface area contributed by atoms with Gasteiger partial charge in [0.25, 0.3) is 0 Å². The van der Waals surface area contributed by atoms with Gasteiger partial charge in [0.2, 0.25) is 0 Å². The normalized spacial score (nSPS) is 28.3. The fraction of sp³-hybridized carbons (Fsp3) is 0.750. The Balaban J connectivity index is 2.03. The van der Waals surface area contributed by atoms with Gasteiger partial charge in [-0.15, -0.1) is 12.3 Å². The lowest BCUT2D eigenvalue weighted by atomic mass is 9.76. The topological polar surface area (TPSA) is 69.6 Å². The van der Waals surface area contributed by atoms with Crippen molar-refractivity contribution in [2.75, 3.05) is 6.54 Å². The molecule has 0 aromatic rings. The number of hydrogen-bond acceptors (Lipinski definition) is 2. The monoisotopic (exact) mass is 292 g/mol. The number of urea groups is 1. The van der Waals surface area contributed by atoms with Gasteiger partial charge in [-0.2, -0.15) is 0 Å². The van der Waals surface area contributed by atoms with Crippen LogP contribution in [0.3, 0.4) is 0 Å². The molecular weight excluding hydrogens is 268 g/mol. The molecule has 0 aromatic carbocycles. The first-order chi connectivity index (χ1) is 10.1. The van der Waals surface area contributed by atoms with E-state index in [0.29, 0.717) is 25.3 Å². The predicted octanol–water partition coefficient (Wildman–Crippen LogP) is 2.22. The van der Waals surface area contributed by atoms with Crippen LogP contribution in [0.5, 0.6) is 0 Å². The van der Waals surface area contributed by atoms with Crippen LogP contribution in [0.1, 0.15) is 51.4 Å². The van der Waals surface area contributed by atoms with E-state index in [9.17, 15) is 14.7 Å². The third-order valence-corrected chi connectivity index (χ3v) is 4.67. The molecule has 1 saturated carbocycles. The first kappa shape index (κ1) is 15.7. The number of carboxylic acid groups (broad SMARTS) is 1. The second-order valence-corrected chi connectivity index (χ2v) is 5.99. The first-order valence-electron chi connectivity index (χ1n) is 7.87. The summed E-state index contributed by atoms with van der Waals surface area (Å²) in [6.45, 7) is 0.503. The van der Waals surface area contributed by atoms with Crippen molar-refractivity contribution in [2.24, 2.45) is 5.92 Å². The summed E-state index contributed by atoms with van der Waals surface area (Å²) in [6.07, 6.45) is 12.3. The number of amides is 2. The van der Waals surface area contributed by atoms with Crippen LogP contribution in [0.15, 0.2) is 0 Å².